The number of sulfonamides is 2. The van der Waals surface area contributed by atoms with E-state index in [1.165, 1.54) is 16.4 Å². The highest BCUT2D eigenvalue weighted by Gasteiger charge is 2.42. The first kappa shape index (κ1) is 24.9. The van der Waals surface area contributed by atoms with Crippen LogP contribution in [0.25, 0.3) is 0 Å². The second-order valence-corrected chi connectivity index (χ2v) is 11.7. The quantitative estimate of drug-likeness (QED) is 0.367. The molecule has 3 aromatic carbocycles. The molecule has 3 aromatic rings. The minimum Gasteiger partial charge on any atom is -0.497 e. The molecular weight excluding hydrogens is 486 g/mol. The number of benzene rings is 3. The normalized spacial score (nSPS) is 17.5. The van der Waals surface area contributed by atoms with Gasteiger partial charge in [0.05, 0.1) is 16.9 Å². The Kier molecular flexibility index (Phi) is 6.98. The van der Waals surface area contributed by atoms with Crippen LogP contribution in [0.4, 0.5) is 0 Å². The summed E-state index contributed by atoms with van der Waals surface area (Å²) in [6.07, 6.45) is -0.775. The van der Waals surface area contributed by atoms with Crippen molar-refractivity contribution in [2.45, 2.75) is 29.8 Å². The zero-order valence-electron chi connectivity index (χ0n) is 19.7. The maximum Gasteiger partial charge on any atom is 0.283 e. The highest BCUT2D eigenvalue weighted by molar-refractivity contribution is 7.90. The Morgan fingerprint density at radius 2 is 1.49 bits per heavy atom. The van der Waals surface area contributed by atoms with Gasteiger partial charge in [-0.1, -0.05) is 48.0 Å². The van der Waals surface area contributed by atoms with Gasteiger partial charge in [0.2, 0.25) is 10.0 Å². The molecule has 4 rings (SSSR count). The first-order valence-corrected chi connectivity index (χ1v) is 13.9. The van der Waals surface area contributed by atoms with Crippen LogP contribution >= 0.6 is 0 Å². The third-order valence-corrected chi connectivity index (χ3v) is 9.12. The van der Waals surface area contributed by atoms with Gasteiger partial charge in [0.15, 0.2) is 0 Å². The molecule has 0 spiro atoms. The van der Waals surface area contributed by atoms with Crippen molar-refractivity contribution in [3.8, 4) is 5.75 Å². The lowest BCUT2D eigenvalue weighted by atomic mass is 10.1. The fourth-order valence-corrected chi connectivity index (χ4v) is 6.67. The van der Waals surface area contributed by atoms with Crippen LogP contribution in [-0.4, -0.2) is 52.1 Å². The number of aryl methyl sites for hydroxylation is 1. The van der Waals surface area contributed by atoms with Crippen molar-refractivity contribution >= 4 is 25.9 Å². The highest BCUT2D eigenvalue weighted by Crippen LogP contribution is 2.36. The molecule has 0 saturated carbocycles. The van der Waals surface area contributed by atoms with Gasteiger partial charge in [-0.3, -0.25) is 0 Å². The van der Waals surface area contributed by atoms with Crippen molar-refractivity contribution in [2.75, 3.05) is 20.2 Å². The number of hydrogen-bond acceptors (Lipinski definition) is 5. The Morgan fingerprint density at radius 1 is 0.857 bits per heavy atom. The van der Waals surface area contributed by atoms with E-state index in [0.717, 1.165) is 5.56 Å². The lowest BCUT2D eigenvalue weighted by Gasteiger charge is -2.31. The fraction of sp³-hybridized carbons (Fsp3) is 0.240. The van der Waals surface area contributed by atoms with Gasteiger partial charge < -0.3 is 9.64 Å². The molecule has 1 unspecified atom stereocenters. The molecule has 1 aliphatic heterocycles. The lowest BCUT2D eigenvalue weighted by molar-refractivity contribution is 0.284. The monoisotopic (exact) mass is 513 g/mol. The number of methoxy groups -OCH3 is 1. The van der Waals surface area contributed by atoms with E-state index in [1.807, 2.05) is 6.92 Å². The molecule has 0 amide bonds. The van der Waals surface area contributed by atoms with Crippen LogP contribution in [0.3, 0.4) is 0 Å². The SMILES string of the molecule is COc1ccc(C2N(C(C)=NS(=O)(=O)c3ccc(C)cc3)CCN2S(=O)(=O)c2ccccc2)cc1. The third kappa shape index (κ3) is 5.09. The number of nitrogens with zero attached hydrogens (tertiary/aromatic N) is 3. The molecule has 0 aromatic heterocycles. The summed E-state index contributed by atoms with van der Waals surface area (Å²) in [4.78, 5) is 1.95. The summed E-state index contributed by atoms with van der Waals surface area (Å²) >= 11 is 0. The van der Waals surface area contributed by atoms with E-state index >= 15 is 0 Å². The van der Waals surface area contributed by atoms with E-state index in [1.54, 1.807) is 85.7 Å². The summed E-state index contributed by atoms with van der Waals surface area (Å²) in [5, 5.41) is 0. The van der Waals surface area contributed by atoms with Crippen molar-refractivity contribution in [1.82, 2.24) is 9.21 Å². The first-order valence-electron chi connectivity index (χ1n) is 11.0. The summed E-state index contributed by atoms with van der Waals surface area (Å²) in [7, 11) is -6.29. The van der Waals surface area contributed by atoms with Gasteiger partial charge in [-0.05, 0) is 55.8 Å². The Morgan fingerprint density at radius 3 is 2.09 bits per heavy atom. The van der Waals surface area contributed by atoms with Gasteiger partial charge in [-0.15, -0.1) is 4.40 Å². The van der Waals surface area contributed by atoms with E-state index in [0.29, 0.717) is 11.3 Å². The zero-order chi connectivity index (χ0) is 25.2. The van der Waals surface area contributed by atoms with Crippen LogP contribution in [0.5, 0.6) is 5.75 Å². The maximum absolute atomic E-state index is 13.6. The van der Waals surface area contributed by atoms with Crippen LogP contribution in [0, 0.1) is 6.92 Å². The molecule has 1 aliphatic rings. The van der Waals surface area contributed by atoms with Crippen LogP contribution in [0.1, 0.15) is 24.2 Å². The molecule has 1 heterocycles. The molecular formula is C25H27N3O5S2. The van der Waals surface area contributed by atoms with Crippen molar-refractivity contribution in [3.63, 3.8) is 0 Å². The van der Waals surface area contributed by atoms with Crippen LogP contribution in [0.2, 0.25) is 0 Å². The molecule has 8 nitrogen and oxygen atoms in total. The molecule has 0 N–H and O–H groups in total. The second-order valence-electron chi connectivity index (χ2n) is 8.20. The van der Waals surface area contributed by atoms with E-state index in [2.05, 4.69) is 4.40 Å². The van der Waals surface area contributed by atoms with E-state index in [9.17, 15) is 16.8 Å². The molecule has 1 atom stereocenters. The molecule has 1 fully saturated rings. The molecule has 35 heavy (non-hydrogen) atoms. The second kappa shape index (κ2) is 9.80. The molecule has 0 aliphatic carbocycles. The van der Waals surface area contributed by atoms with Crippen molar-refractivity contribution in [2.24, 2.45) is 4.40 Å². The first-order chi connectivity index (χ1) is 16.6. The average molecular weight is 514 g/mol. The Hall–Kier alpha value is -3.21. The third-order valence-electron chi connectivity index (χ3n) is 5.88. The van der Waals surface area contributed by atoms with Gasteiger partial charge in [0.1, 0.15) is 17.8 Å². The zero-order valence-corrected chi connectivity index (χ0v) is 21.3. The van der Waals surface area contributed by atoms with Crippen molar-refractivity contribution in [3.05, 3.63) is 90.0 Å². The van der Waals surface area contributed by atoms with Crippen LogP contribution < -0.4 is 4.74 Å². The van der Waals surface area contributed by atoms with Crippen molar-refractivity contribution < 1.29 is 21.6 Å². The Bertz CT molecular complexity index is 1420. The standard InChI is InChI=1S/C25H27N3O5S2/c1-19-9-15-23(16-10-19)34(29,30)26-20(2)27-17-18-28(35(31,32)24-7-5-4-6-8-24)25(27)21-11-13-22(33-3)14-12-21/h4-16,25H,17-18H2,1-3H3. The summed E-state index contributed by atoms with van der Waals surface area (Å²) in [5.74, 6) is 0.834. The van der Waals surface area contributed by atoms with E-state index < -0.39 is 26.2 Å². The van der Waals surface area contributed by atoms with E-state index in [4.69, 9.17) is 4.74 Å². The van der Waals surface area contributed by atoms with Crippen molar-refractivity contribution in [1.29, 1.82) is 0 Å². The molecule has 10 heteroatoms. The van der Waals surface area contributed by atoms with Gasteiger partial charge in [0.25, 0.3) is 10.0 Å². The Balaban J connectivity index is 1.76. The topological polar surface area (TPSA) is 96.3 Å². The smallest absolute Gasteiger partial charge is 0.283 e. The average Bonchev–Trinajstić information content (AvgIpc) is 3.31. The molecule has 184 valence electrons. The van der Waals surface area contributed by atoms with Crippen LogP contribution in [0.15, 0.2) is 93.1 Å². The summed E-state index contributed by atoms with van der Waals surface area (Å²) in [6.45, 7) is 3.91. The minimum atomic E-state index is -3.98. The van der Waals surface area contributed by atoms with Gasteiger partial charge >= 0.3 is 0 Å². The van der Waals surface area contributed by atoms with E-state index in [-0.39, 0.29) is 28.7 Å². The number of rotatable bonds is 6. The highest BCUT2D eigenvalue weighted by atomic mass is 32.2. The Labute approximate surface area is 206 Å². The molecule has 1 saturated heterocycles. The minimum absolute atomic E-state index is 0.0800. The fourth-order valence-electron chi connectivity index (χ4n) is 4.04. The predicted molar refractivity (Wildman–Crippen MR) is 134 cm³/mol. The molecule has 0 radical (unpaired) electrons. The summed E-state index contributed by atoms with van der Waals surface area (Å²) < 4.78 is 63.8. The molecule has 0 bridgehead atoms. The van der Waals surface area contributed by atoms with Gasteiger partial charge in [0, 0.05) is 13.1 Å². The predicted octanol–water partition coefficient (Wildman–Crippen LogP) is 3.82. The summed E-state index contributed by atoms with van der Waals surface area (Å²) in [6, 6.07) is 21.7. The maximum atomic E-state index is 13.6. The number of amidine groups is 1. The summed E-state index contributed by atoms with van der Waals surface area (Å²) in [5.41, 5.74) is 1.61. The van der Waals surface area contributed by atoms with Gasteiger partial charge in [-0.25, -0.2) is 8.42 Å². The number of ether oxygens (including phenoxy) is 1. The lowest BCUT2D eigenvalue weighted by Crippen LogP contribution is -2.37. The van der Waals surface area contributed by atoms with Gasteiger partial charge in [-0.2, -0.15) is 12.7 Å². The number of hydrogen-bond donors (Lipinski definition) is 0. The van der Waals surface area contributed by atoms with Crippen LogP contribution in [-0.2, 0) is 20.0 Å². The largest absolute Gasteiger partial charge is 0.497 e.